The van der Waals surface area contributed by atoms with Crippen LogP contribution < -0.4 is 4.74 Å². The highest BCUT2D eigenvalue weighted by molar-refractivity contribution is 5.37. The largest absolute Gasteiger partial charge is 0.491 e. The van der Waals surface area contributed by atoms with Crippen LogP contribution in [0.2, 0.25) is 0 Å². The second kappa shape index (κ2) is 8.15. The zero-order valence-electron chi connectivity index (χ0n) is 12.2. The van der Waals surface area contributed by atoms with Gasteiger partial charge in [0, 0.05) is 6.61 Å². The van der Waals surface area contributed by atoms with Gasteiger partial charge in [-0.15, -0.1) is 0 Å². The summed E-state index contributed by atoms with van der Waals surface area (Å²) in [6, 6.07) is 6.44. The Kier molecular flexibility index (Phi) is 6.81. The Morgan fingerprint density at radius 3 is 2.56 bits per heavy atom. The van der Waals surface area contributed by atoms with Crippen molar-refractivity contribution in [3.05, 3.63) is 29.3 Å². The Hall–Kier alpha value is -1.02. The Morgan fingerprint density at radius 1 is 1.11 bits per heavy atom. The maximum atomic E-state index is 5.78. The van der Waals surface area contributed by atoms with Crippen LogP contribution in [0.4, 0.5) is 0 Å². The van der Waals surface area contributed by atoms with Crippen LogP contribution in [0.5, 0.6) is 5.75 Å². The van der Waals surface area contributed by atoms with E-state index in [9.17, 15) is 0 Å². The Labute approximate surface area is 111 Å². The molecule has 1 rings (SSSR count). The average Bonchev–Trinajstić information content (AvgIpc) is 2.35. The fraction of sp³-hybridized carbons (Fsp3) is 0.625. The summed E-state index contributed by atoms with van der Waals surface area (Å²) in [5.41, 5.74) is 2.51. The lowest BCUT2D eigenvalue weighted by Crippen LogP contribution is -2.08. The summed E-state index contributed by atoms with van der Waals surface area (Å²) >= 11 is 0. The predicted molar refractivity (Wildman–Crippen MR) is 76.5 cm³/mol. The van der Waals surface area contributed by atoms with E-state index in [-0.39, 0.29) is 0 Å². The summed E-state index contributed by atoms with van der Waals surface area (Å²) in [6.07, 6.45) is 2.30. The number of rotatable bonds is 8. The first-order valence-corrected chi connectivity index (χ1v) is 6.96. The first-order valence-electron chi connectivity index (χ1n) is 6.96. The molecule has 0 N–H and O–H groups in total. The van der Waals surface area contributed by atoms with E-state index >= 15 is 0 Å². The van der Waals surface area contributed by atoms with Gasteiger partial charge >= 0.3 is 0 Å². The van der Waals surface area contributed by atoms with Crippen molar-refractivity contribution in [1.29, 1.82) is 0 Å². The maximum Gasteiger partial charge on any atom is 0.122 e. The van der Waals surface area contributed by atoms with E-state index in [4.69, 9.17) is 9.47 Å². The SMILES string of the molecule is CCCCOCCOc1cc(C(C)C)ccc1C. The molecule has 0 aromatic heterocycles. The number of benzene rings is 1. The monoisotopic (exact) mass is 250 g/mol. The third kappa shape index (κ3) is 5.09. The molecular weight excluding hydrogens is 224 g/mol. The smallest absolute Gasteiger partial charge is 0.122 e. The molecule has 2 heteroatoms. The van der Waals surface area contributed by atoms with E-state index in [1.807, 2.05) is 0 Å². The van der Waals surface area contributed by atoms with Crippen molar-refractivity contribution in [2.24, 2.45) is 0 Å². The van der Waals surface area contributed by atoms with Crippen LogP contribution in [0.15, 0.2) is 18.2 Å². The van der Waals surface area contributed by atoms with E-state index in [1.54, 1.807) is 0 Å². The molecule has 102 valence electrons. The van der Waals surface area contributed by atoms with Gasteiger partial charge < -0.3 is 9.47 Å². The van der Waals surface area contributed by atoms with Crippen LogP contribution in [-0.2, 0) is 4.74 Å². The molecule has 0 heterocycles. The van der Waals surface area contributed by atoms with E-state index in [1.165, 1.54) is 17.5 Å². The lowest BCUT2D eigenvalue weighted by atomic mass is 10.0. The maximum absolute atomic E-state index is 5.78. The minimum Gasteiger partial charge on any atom is -0.491 e. The standard InChI is InChI=1S/C16H26O2/c1-5-6-9-17-10-11-18-16-12-15(13(2)3)8-7-14(16)4/h7-8,12-13H,5-6,9-11H2,1-4H3. The Bertz CT molecular complexity index is 345. The second-order valence-electron chi connectivity index (χ2n) is 4.99. The van der Waals surface area contributed by atoms with Crippen molar-refractivity contribution >= 4 is 0 Å². The van der Waals surface area contributed by atoms with E-state index in [0.29, 0.717) is 19.1 Å². The lowest BCUT2D eigenvalue weighted by Gasteiger charge is -2.13. The Morgan fingerprint density at radius 2 is 1.89 bits per heavy atom. The van der Waals surface area contributed by atoms with Crippen LogP contribution >= 0.6 is 0 Å². The van der Waals surface area contributed by atoms with Crippen molar-refractivity contribution in [2.45, 2.75) is 46.5 Å². The first-order chi connectivity index (χ1) is 8.65. The number of unbranched alkanes of at least 4 members (excludes halogenated alkanes) is 1. The molecule has 0 aliphatic rings. The molecule has 0 saturated carbocycles. The molecule has 18 heavy (non-hydrogen) atoms. The summed E-state index contributed by atoms with van der Waals surface area (Å²) in [6.45, 7) is 10.8. The third-order valence-corrected chi connectivity index (χ3v) is 3.01. The average molecular weight is 250 g/mol. The van der Waals surface area contributed by atoms with E-state index in [0.717, 1.165) is 18.8 Å². The minimum atomic E-state index is 0.536. The van der Waals surface area contributed by atoms with Crippen molar-refractivity contribution in [1.82, 2.24) is 0 Å². The van der Waals surface area contributed by atoms with Crippen molar-refractivity contribution in [2.75, 3.05) is 19.8 Å². The van der Waals surface area contributed by atoms with Crippen molar-refractivity contribution in [3.8, 4) is 5.75 Å². The van der Waals surface area contributed by atoms with Crippen LogP contribution in [0.25, 0.3) is 0 Å². The number of aryl methyl sites for hydroxylation is 1. The molecule has 0 spiro atoms. The zero-order valence-corrected chi connectivity index (χ0v) is 12.2. The highest BCUT2D eigenvalue weighted by atomic mass is 16.5. The van der Waals surface area contributed by atoms with Gasteiger partial charge in [0.2, 0.25) is 0 Å². The normalized spacial score (nSPS) is 10.9. The molecule has 0 aliphatic carbocycles. The minimum absolute atomic E-state index is 0.536. The number of hydrogen-bond acceptors (Lipinski definition) is 2. The number of ether oxygens (including phenoxy) is 2. The molecular formula is C16H26O2. The van der Waals surface area contributed by atoms with Gasteiger partial charge in [-0.1, -0.05) is 39.3 Å². The number of hydrogen-bond donors (Lipinski definition) is 0. The van der Waals surface area contributed by atoms with E-state index < -0.39 is 0 Å². The summed E-state index contributed by atoms with van der Waals surface area (Å²) in [5.74, 6) is 1.52. The first kappa shape index (κ1) is 15.0. The molecule has 1 aromatic carbocycles. The van der Waals surface area contributed by atoms with Crippen LogP contribution in [0.3, 0.4) is 0 Å². The lowest BCUT2D eigenvalue weighted by molar-refractivity contribution is 0.0978. The molecule has 2 nitrogen and oxygen atoms in total. The fourth-order valence-corrected chi connectivity index (χ4v) is 1.69. The summed E-state index contributed by atoms with van der Waals surface area (Å²) in [4.78, 5) is 0. The van der Waals surface area contributed by atoms with Gasteiger partial charge in [0.15, 0.2) is 0 Å². The Balaban J connectivity index is 2.39. The topological polar surface area (TPSA) is 18.5 Å². The molecule has 0 amide bonds. The molecule has 0 bridgehead atoms. The highest BCUT2D eigenvalue weighted by Crippen LogP contribution is 2.24. The molecule has 0 radical (unpaired) electrons. The summed E-state index contributed by atoms with van der Waals surface area (Å²) in [7, 11) is 0. The molecule has 0 aliphatic heterocycles. The van der Waals surface area contributed by atoms with Crippen LogP contribution in [0.1, 0.15) is 50.7 Å². The molecule has 0 atom stereocenters. The fourth-order valence-electron chi connectivity index (χ4n) is 1.69. The zero-order chi connectivity index (χ0) is 13.4. The molecule has 0 unspecified atom stereocenters. The third-order valence-electron chi connectivity index (χ3n) is 3.01. The van der Waals surface area contributed by atoms with Gasteiger partial charge in [-0.2, -0.15) is 0 Å². The van der Waals surface area contributed by atoms with Gasteiger partial charge in [-0.3, -0.25) is 0 Å². The van der Waals surface area contributed by atoms with Gasteiger partial charge in [-0.25, -0.2) is 0 Å². The second-order valence-corrected chi connectivity index (χ2v) is 4.99. The van der Waals surface area contributed by atoms with Gasteiger partial charge in [-0.05, 0) is 36.5 Å². The van der Waals surface area contributed by atoms with Crippen molar-refractivity contribution < 1.29 is 9.47 Å². The predicted octanol–water partition coefficient (Wildman–Crippen LogP) is 4.31. The molecule has 0 fully saturated rings. The quantitative estimate of drug-likeness (QED) is 0.640. The van der Waals surface area contributed by atoms with Crippen molar-refractivity contribution in [3.63, 3.8) is 0 Å². The summed E-state index contributed by atoms with van der Waals surface area (Å²) < 4.78 is 11.3. The van der Waals surface area contributed by atoms with Crippen LogP contribution in [-0.4, -0.2) is 19.8 Å². The van der Waals surface area contributed by atoms with Crippen LogP contribution in [0, 0.1) is 6.92 Å². The molecule has 1 aromatic rings. The molecule has 0 saturated heterocycles. The van der Waals surface area contributed by atoms with Gasteiger partial charge in [0.1, 0.15) is 12.4 Å². The van der Waals surface area contributed by atoms with Gasteiger partial charge in [0.05, 0.1) is 6.61 Å². The highest BCUT2D eigenvalue weighted by Gasteiger charge is 2.04. The van der Waals surface area contributed by atoms with Gasteiger partial charge in [0.25, 0.3) is 0 Å². The van der Waals surface area contributed by atoms with E-state index in [2.05, 4.69) is 45.9 Å². The summed E-state index contributed by atoms with van der Waals surface area (Å²) in [5, 5.41) is 0.